The number of aromatic nitrogens is 1. The van der Waals surface area contributed by atoms with Gasteiger partial charge in [0, 0.05) is 17.1 Å². The van der Waals surface area contributed by atoms with E-state index >= 15 is 0 Å². The number of hydrogen-bond acceptors (Lipinski definition) is 7. The summed E-state index contributed by atoms with van der Waals surface area (Å²) in [4.78, 5) is 30.3. The molecule has 0 aliphatic carbocycles. The maximum Gasteiger partial charge on any atom is 0.343 e. The molecule has 1 aromatic heterocycles. The highest BCUT2D eigenvalue weighted by Crippen LogP contribution is 2.35. The predicted molar refractivity (Wildman–Crippen MR) is 123 cm³/mol. The molecule has 0 fully saturated rings. The van der Waals surface area contributed by atoms with Crippen molar-refractivity contribution in [1.29, 1.82) is 0 Å². The highest BCUT2D eigenvalue weighted by Gasteiger charge is 2.20. The van der Waals surface area contributed by atoms with E-state index in [0.29, 0.717) is 33.8 Å². The van der Waals surface area contributed by atoms with E-state index in [9.17, 15) is 9.59 Å². The fourth-order valence-corrected chi connectivity index (χ4v) is 3.45. The second-order valence-electron chi connectivity index (χ2n) is 7.04. The molecule has 4 rings (SSSR count). The molecule has 33 heavy (non-hydrogen) atoms. The highest BCUT2D eigenvalue weighted by molar-refractivity contribution is 6.15. The van der Waals surface area contributed by atoms with Crippen LogP contribution < -0.4 is 18.9 Å². The average molecular weight is 443 g/mol. The Morgan fingerprint density at radius 3 is 2.09 bits per heavy atom. The van der Waals surface area contributed by atoms with E-state index in [1.165, 1.54) is 20.3 Å². The van der Waals surface area contributed by atoms with Crippen molar-refractivity contribution in [2.75, 3.05) is 21.3 Å². The third kappa shape index (κ3) is 4.34. The lowest BCUT2D eigenvalue weighted by Gasteiger charge is -2.13. The van der Waals surface area contributed by atoms with Gasteiger partial charge in [0.25, 0.3) is 0 Å². The van der Waals surface area contributed by atoms with Gasteiger partial charge in [-0.05, 0) is 53.9 Å². The Hall–Kier alpha value is -4.39. The van der Waals surface area contributed by atoms with Gasteiger partial charge in [-0.3, -0.25) is 9.78 Å². The second kappa shape index (κ2) is 9.40. The molecule has 0 N–H and O–H groups in total. The molecule has 166 valence electrons. The van der Waals surface area contributed by atoms with Gasteiger partial charge in [-0.15, -0.1) is 0 Å². The number of esters is 1. The molecule has 0 unspecified atom stereocenters. The minimum atomic E-state index is -0.557. The van der Waals surface area contributed by atoms with E-state index in [1.807, 2.05) is 0 Å². The zero-order valence-electron chi connectivity index (χ0n) is 18.3. The summed E-state index contributed by atoms with van der Waals surface area (Å²) < 4.78 is 21.6. The first-order valence-electron chi connectivity index (χ1n) is 10.1. The molecule has 0 aliphatic heterocycles. The lowest BCUT2D eigenvalue weighted by molar-refractivity contribution is 0.0728. The van der Waals surface area contributed by atoms with Crippen molar-refractivity contribution in [1.82, 2.24) is 4.98 Å². The van der Waals surface area contributed by atoms with Gasteiger partial charge < -0.3 is 18.9 Å². The maximum atomic E-state index is 13.4. The summed E-state index contributed by atoms with van der Waals surface area (Å²) in [6.07, 6.45) is 1.56. The zero-order chi connectivity index (χ0) is 23.4. The van der Waals surface area contributed by atoms with E-state index in [0.717, 1.165) is 5.39 Å². The monoisotopic (exact) mass is 443 g/mol. The number of carbonyl (C=O) groups is 2. The Balaban J connectivity index is 1.74. The number of pyridine rings is 1. The fourth-order valence-electron chi connectivity index (χ4n) is 3.45. The van der Waals surface area contributed by atoms with Crippen molar-refractivity contribution in [3.63, 3.8) is 0 Å². The summed E-state index contributed by atoms with van der Waals surface area (Å²) in [6.45, 7) is 0. The van der Waals surface area contributed by atoms with Crippen molar-refractivity contribution in [3.8, 4) is 23.0 Å². The molecule has 0 amide bonds. The van der Waals surface area contributed by atoms with Crippen LogP contribution in [0, 0.1) is 0 Å². The third-order valence-corrected chi connectivity index (χ3v) is 5.12. The standard InChI is InChI=1S/C26H21NO6/c1-30-20-10-9-18(14-23(20)33-26(29)16-7-5-4-6-8-16)25(28)24-19-15-22(32-3)21(31-2)13-17(19)11-12-27-24/h4-15H,1-3H3. The van der Waals surface area contributed by atoms with Crippen molar-refractivity contribution < 1.29 is 28.5 Å². The number of nitrogens with zero attached hydrogens (tertiary/aromatic N) is 1. The van der Waals surface area contributed by atoms with Crippen LogP contribution in [0.4, 0.5) is 0 Å². The Labute approximate surface area is 190 Å². The Bertz CT molecular complexity index is 1330. The van der Waals surface area contributed by atoms with Crippen LogP contribution in [-0.2, 0) is 0 Å². The predicted octanol–water partition coefficient (Wildman–Crippen LogP) is 4.71. The molecule has 0 radical (unpaired) electrons. The van der Waals surface area contributed by atoms with Gasteiger partial charge in [-0.2, -0.15) is 0 Å². The average Bonchev–Trinajstić information content (AvgIpc) is 2.87. The largest absolute Gasteiger partial charge is 0.493 e. The first-order valence-corrected chi connectivity index (χ1v) is 10.1. The van der Waals surface area contributed by atoms with Crippen molar-refractivity contribution in [2.45, 2.75) is 0 Å². The second-order valence-corrected chi connectivity index (χ2v) is 7.04. The van der Waals surface area contributed by atoms with Crippen molar-refractivity contribution in [2.24, 2.45) is 0 Å². The molecule has 0 saturated carbocycles. The lowest BCUT2D eigenvalue weighted by Crippen LogP contribution is -2.11. The van der Waals surface area contributed by atoms with Crippen molar-refractivity contribution in [3.05, 3.63) is 89.7 Å². The van der Waals surface area contributed by atoms with Crippen LogP contribution in [0.25, 0.3) is 10.8 Å². The van der Waals surface area contributed by atoms with Gasteiger partial charge in [0.2, 0.25) is 5.78 Å². The lowest BCUT2D eigenvalue weighted by atomic mass is 10.0. The molecule has 4 aromatic rings. The van der Waals surface area contributed by atoms with Gasteiger partial charge in [0.15, 0.2) is 23.0 Å². The Kier molecular flexibility index (Phi) is 6.22. The van der Waals surface area contributed by atoms with Crippen LogP contribution in [0.15, 0.2) is 72.9 Å². The van der Waals surface area contributed by atoms with E-state index in [1.54, 1.807) is 74.0 Å². The van der Waals surface area contributed by atoms with E-state index in [-0.39, 0.29) is 17.2 Å². The Morgan fingerprint density at radius 1 is 0.697 bits per heavy atom. The molecule has 7 nitrogen and oxygen atoms in total. The zero-order valence-corrected chi connectivity index (χ0v) is 18.3. The highest BCUT2D eigenvalue weighted by atomic mass is 16.6. The summed E-state index contributed by atoms with van der Waals surface area (Å²) in [6, 6.07) is 18.5. The summed E-state index contributed by atoms with van der Waals surface area (Å²) in [5.74, 6) is 0.601. The van der Waals surface area contributed by atoms with Crippen LogP contribution in [0.1, 0.15) is 26.4 Å². The number of rotatable bonds is 7. The minimum absolute atomic E-state index is 0.136. The molecule has 7 heteroatoms. The van der Waals surface area contributed by atoms with Crippen molar-refractivity contribution >= 4 is 22.5 Å². The molecule has 0 bridgehead atoms. The van der Waals surface area contributed by atoms with Gasteiger partial charge in [-0.25, -0.2) is 4.79 Å². The van der Waals surface area contributed by atoms with E-state index < -0.39 is 5.97 Å². The molecule has 3 aromatic carbocycles. The molecule has 0 aliphatic rings. The van der Waals surface area contributed by atoms with Crippen LogP contribution in [0.2, 0.25) is 0 Å². The number of carbonyl (C=O) groups excluding carboxylic acids is 2. The number of hydrogen-bond donors (Lipinski definition) is 0. The summed E-state index contributed by atoms with van der Waals surface area (Å²) in [5.41, 5.74) is 0.911. The molecule has 0 atom stereocenters. The number of ether oxygens (including phenoxy) is 4. The number of ketones is 1. The minimum Gasteiger partial charge on any atom is -0.493 e. The van der Waals surface area contributed by atoms with Crippen LogP contribution in [0.5, 0.6) is 23.0 Å². The summed E-state index contributed by atoms with van der Waals surface area (Å²) in [7, 11) is 4.54. The van der Waals surface area contributed by atoms with E-state index in [2.05, 4.69) is 4.98 Å². The molecule has 0 spiro atoms. The van der Waals surface area contributed by atoms with Gasteiger partial charge in [0.05, 0.1) is 26.9 Å². The molecular weight excluding hydrogens is 422 g/mol. The summed E-state index contributed by atoms with van der Waals surface area (Å²) >= 11 is 0. The van der Waals surface area contributed by atoms with Crippen LogP contribution in [-0.4, -0.2) is 38.1 Å². The number of benzene rings is 3. The smallest absolute Gasteiger partial charge is 0.343 e. The van der Waals surface area contributed by atoms with Gasteiger partial charge >= 0.3 is 5.97 Å². The molecule has 1 heterocycles. The SMILES string of the molecule is COc1cc2ccnc(C(=O)c3ccc(OC)c(OC(=O)c4ccccc4)c3)c2cc1OC. The van der Waals surface area contributed by atoms with Crippen LogP contribution >= 0.6 is 0 Å². The number of fused-ring (bicyclic) bond motifs is 1. The fraction of sp³-hybridized carbons (Fsp3) is 0.115. The number of methoxy groups -OCH3 is 3. The summed E-state index contributed by atoms with van der Waals surface area (Å²) in [5, 5.41) is 1.38. The Morgan fingerprint density at radius 2 is 1.39 bits per heavy atom. The quantitative estimate of drug-likeness (QED) is 0.232. The van der Waals surface area contributed by atoms with Gasteiger partial charge in [0.1, 0.15) is 5.69 Å². The topological polar surface area (TPSA) is 84.0 Å². The first kappa shape index (κ1) is 21.8. The molecular formula is C26H21NO6. The maximum absolute atomic E-state index is 13.4. The van der Waals surface area contributed by atoms with Crippen LogP contribution in [0.3, 0.4) is 0 Å². The van der Waals surface area contributed by atoms with Gasteiger partial charge in [-0.1, -0.05) is 18.2 Å². The normalized spacial score (nSPS) is 10.5. The first-order chi connectivity index (χ1) is 16.0. The third-order valence-electron chi connectivity index (χ3n) is 5.12. The molecule has 0 saturated heterocycles. The van der Waals surface area contributed by atoms with E-state index in [4.69, 9.17) is 18.9 Å².